The summed E-state index contributed by atoms with van der Waals surface area (Å²) in [6, 6.07) is 3.68. The Morgan fingerprint density at radius 1 is 1.56 bits per heavy atom. The maximum Gasteiger partial charge on any atom is 0.318 e. The normalized spacial score (nSPS) is 11.7. The first-order valence-electron chi connectivity index (χ1n) is 5.09. The third-order valence-electron chi connectivity index (χ3n) is 2.04. The van der Waals surface area contributed by atoms with Gasteiger partial charge in [-0.25, -0.2) is 4.79 Å². The Balaban J connectivity index is 2.72. The fraction of sp³-hybridized carbons (Fsp3) is 0.273. The van der Waals surface area contributed by atoms with Gasteiger partial charge < -0.3 is 15.6 Å². The number of halogens is 1. The van der Waals surface area contributed by atoms with Gasteiger partial charge >= 0.3 is 6.03 Å². The predicted molar refractivity (Wildman–Crippen MR) is 65.3 cm³/mol. The fourth-order valence-corrected chi connectivity index (χ4v) is 1.47. The fourth-order valence-electron chi connectivity index (χ4n) is 1.29. The first-order chi connectivity index (χ1) is 8.40. The second-order valence-corrected chi connectivity index (χ2v) is 4.00. The van der Waals surface area contributed by atoms with Gasteiger partial charge in [0, 0.05) is 10.6 Å². The first kappa shape index (κ1) is 14.3. The molecule has 0 saturated carbocycles. The van der Waals surface area contributed by atoms with E-state index in [0.29, 0.717) is 16.3 Å². The van der Waals surface area contributed by atoms with Crippen molar-refractivity contribution in [3.8, 4) is 5.75 Å². The van der Waals surface area contributed by atoms with Crippen molar-refractivity contribution >= 4 is 23.5 Å². The van der Waals surface area contributed by atoms with Crippen LogP contribution in [-0.2, 0) is 4.79 Å². The summed E-state index contributed by atoms with van der Waals surface area (Å²) in [5, 5.41) is 11.8. The summed E-state index contributed by atoms with van der Waals surface area (Å²) < 4.78 is 5.18. The van der Waals surface area contributed by atoms with Gasteiger partial charge in [0.25, 0.3) is 5.91 Å². The summed E-state index contributed by atoms with van der Waals surface area (Å²) in [5.74, 6) is -0.358. The molecule has 0 saturated heterocycles. The highest BCUT2D eigenvalue weighted by Gasteiger charge is 2.12. The van der Waals surface area contributed by atoms with Crippen LogP contribution < -0.4 is 15.8 Å². The molecule has 0 spiro atoms. The molecular weight excluding hydrogens is 260 g/mol. The summed E-state index contributed by atoms with van der Waals surface area (Å²) in [5.41, 5.74) is 5.23. The zero-order valence-corrected chi connectivity index (χ0v) is 10.4. The lowest BCUT2D eigenvalue weighted by Crippen LogP contribution is -2.38. The third-order valence-corrected chi connectivity index (χ3v) is 2.28. The number of imide groups is 1. The van der Waals surface area contributed by atoms with Crippen molar-refractivity contribution in [2.75, 3.05) is 6.61 Å². The van der Waals surface area contributed by atoms with Gasteiger partial charge in [0.2, 0.25) is 0 Å². The van der Waals surface area contributed by atoms with Crippen LogP contribution in [-0.4, -0.2) is 23.7 Å². The van der Waals surface area contributed by atoms with Crippen LogP contribution in [0.3, 0.4) is 0 Å². The molecule has 18 heavy (non-hydrogen) atoms. The largest absolute Gasteiger partial charge is 0.483 e. The predicted octanol–water partition coefficient (Wildman–Crippen LogP) is 0.967. The molecule has 0 aromatic heterocycles. The van der Waals surface area contributed by atoms with E-state index in [-0.39, 0.29) is 6.61 Å². The first-order valence-corrected chi connectivity index (χ1v) is 5.47. The zero-order valence-electron chi connectivity index (χ0n) is 9.64. The maximum absolute atomic E-state index is 11.1. The molecule has 0 fully saturated rings. The second kappa shape index (κ2) is 6.23. The topological polar surface area (TPSA) is 102 Å². The van der Waals surface area contributed by atoms with Gasteiger partial charge in [-0.2, -0.15) is 0 Å². The number of ether oxygens (including phenoxy) is 1. The van der Waals surface area contributed by atoms with Gasteiger partial charge in [-0.3, -0.25) is 10.1 Å². The Labute approximate surface area is 109 Å². The van der Waals surface area contributed by atoms with E-state index in [2.05, 4.69) is 0 Å². The van der Waals surface area contributed by atoms with Gasteiger partial charge in [0.15, 0.2) is 6.61 Å². The minimum absolute atomic E-state index is 0.314. The van der Waals surface area contributed by atoms with E-state index in [1.807, 2.05) is 5.32 Å². The summed E-state index contributed by atoms with van der Waals surface area (Å²) in [6.07, 6.45) is -0.794. The molecule has 0 bridgehead atoms. The molecule has 3 amide bonds. The molecule has 98 valence electrons. The van der Waals surface area contributed by atoms with Crippen molar-refractivity contribution < 1.29 is 19.4 Å². The van der Waals surface area contributed by atoms with Crippen molar-refractivity contribution in [3.63, 3.8) is 0 Å². The number of urea groups is 1. The Kier molecular flexibility index (Phi) is 4.94. The van der Waals surface area contributed by atoms with E-state index >= 15 is 0 Å². The van der Waals surface area contributed by atoms with Crippen LogP contribution in [0.4, 0.5) is 4.79 Å². The Hall–Kier alpha value is -1.79. The molecule has 0 heterocycles. The average molecular weight is 273 g/mol. The van der Waals surface area contributed by atoms with Gasteiger partial charge in [-0.15, -0.1) is 0 Å². The molecule has 7 heteroatoms. The summed E-state index contributed by atoms with van der Waals surface area (Å²) >= 11 is 5.79. The van der Waals surface area contributed by atoms with Crippen molar-refractivity contribution in [3.05, 3.63) is 28.8 Å². The van der Waals surface area contributed by atoms with E-state index in [4.69, 9.17) is 22.1 Å². The highest BCUT2D eigenvalue weighted by molar-refractivity contribution is 6.30. The van der Waals surface area contributed by atoms with Crippen LogP contribution in [0, 0.1) is 0 Å². The van der Waals surface area contributed by atoms with Crippen LogP contribution >= 0.6 is 11.6 Å². The van der Waals surface area contributed by atoms with E-state index < -0.39 is 18.0 Å². The zero-order chi connectivity index (χ0) is 13.7. The van der Waals surface area contributed by atoms with Crippen LogP contribution in [0.15, 0.2) is 18.2 Å². The molecule has 1 aromatic carbocycles. The van der Waals surface area contributed by atoms with Crippen molar-refractivity contribution in [2.45, 2.75) is 13.0 Å². The Morgan fingerprint density at radius 2 is 2.22 bits per heavy atom. The molecule has 4 N–H and O–H groups in total. The molecule has 0 radical (unpaired) electrons. The van der Waals surface area contributed by atoms with Gasteiger partial charge in [0.1, 0.15) is 5.75 Å². The summed E-state index contributed by atoms with van der Waals surface area (Å²) in [7, 11) is 0. The summed E-state index contributed by atoms with van der Waals surface area (Å²) in [4.78, 5) is 21.6. The van der Waals surface area contributed by atoms with Crippen LogP contribution in [0.5, 0.6) is 5.75 Å². The van der Waals surface area contributed by atoms with E-state index in [0.717, 1.165) is 0 Å². The molecular formula is C11H13ClN2O4. The van der Waals surface area contributed by atoms with Gasteiger partial charge in [0.05, 0.1) is 6.10 Å². The Morgan fingerprint density at radius 3 is 2.78 bits per heavy atom. The standard InChI is InChI=1S/C11H13ClN2O4/c1-6(15)8-4-7(12)2-3-9(8)18-5-10(16)14-11(13)17/h2-4,6,15H,5H2,1H3,(H3,13,14,16,17). The summed E-state index contributed by atoms with van der Waals surface area (Å²) in [6.45, 7) is 1.16. The molecule has 0 aliphatic heterocycles. The van der Waals surface area contributed by atoms with Crippen LogP contribution in [0.25, 0.3) is 0 Å². The molecule has 1 aromatic rings. The number of rotatable bonds is 4. The molecule has 1 rings (SSSR count). The number of amides is 3. The molecule has 0 aliphatic carbocycles. The number of carbonyl (C=O) groups excluding carboxylic acids is 2. The number of carbonyl (C=O) groups is 2. The maximum atomic E-state index is 11.1. The van der Waals surface area contributed by atoms with Crippen molar-refractivity contribution in [1.82, 2.24) is 5.32 Å². The van der Waals surface area contributed by atoms with Crippen molar-refractivity contribution in [2.24, 2.45) is 5.73 Å². The number of aliphatic hydroxyl groups is 1. The van der Waals surface area contributed by atoms with E-state index in [9.17, 15) is 14.7 Å². The SMILES string of the molecule is CC(O)c1cc(Cl)ccc1OCC(=O)NC(N)=O. The number of hydrogen-bond donors (Lipinski definition) is 3. The van der Waals surface area contributed by atoms with E-state index in [1.54, 1.807) is 13.0 Å². The van der Waals surface area contributed by atoms with Crippen LogP contribution in [0.1, 0.15) is 18.6 Å². The minimum atomic E-state index is -0.949. The number of benzene rings is 1. The Bertz CT molecular complexity index is 462. The third kappa shape index (κ3) is 4.23. The van der Waals surface area contributed by atoms with Gasteiger partial charge in [-0.05, 0) is 25.1 Å². The molecule has 1 unspecified atom stereocenters. The number of nitrogens with two attached hydrogens (primary N) is 1. The average Bonchev–Trinajstić information content (AvgIpc) is 2.26. The second-order valence-electron chi connectivity index (χ2n) is 3.56. The number of nitrogens with one attached hydrogen (secondary N) is 1. The van der Waals surface area contributed by atoms with E-state index in [1.165, 1.54) is 12.1 Å². The molecule has 1 atom stereocenters. The number of primary amides is 1. The highest BCUT2D eigenvalue weighted by atomic mass is 35.5. The molecule has 6 nitrogen and oxygen atoms in total. The lowest BCUT2D eigenvalue weighted by molar-refractivity contribution is -0.121. The highest BCUT2D eigenvalue weighted by Crippen LogP contribution is 2.28. The number of hydrogen-bond acceptors (Lipinski definition) is 4. The van der Waals surface area contributed by atoms with Gasteiger partial charge in [-0.1, -0.05) is 11.6 Å². The quantitative estimate of drug-likeness (QED) is 0.760. The van der Waals surface area contributed by atoms with Crippen molar-refractivity contribution in [1.29, 1.82) is 0 Å². The lowest BCUT2D eigenvalue weighted by Gasteiger charge is -2.13. The lowest BCUT2D eigenvalue weighted by atomic mass is 10.1. The monoisotopic (exact) mass is 272 g/mol. The van der Waals surface area contributed by atoms with Crippen LogP contribution in [0.2, 0.25) is 5.02 Å². The minimum Gasteiger partial charge on any atom is -0.483 e. The molecule has 0 aliphatic rings. The smallest absolute Gasteiger partial charge is 0.318 e. The number of aliphatic hydroxyl groups excluding tert-OH is 1.